The van der Waals surface area contributed by atoms with E-state index in [1.54, 1.807) is 18.2 Å². The summed E-state index contributed by atoms with van der Waals surface area (Å²) >= 11 is 7.44. The van der Waals surface area contributed by atoms with Crippen molar-refractivity contribution in [2.45, 2.75) is 13.0 Å². The number of halogens is 1. The first kappa shape index (κ1) is 17.4. The Kier molecular flexibility index (Phi) is 5.06. The molecule has 0 bridgehead atoms. The Morgan fingerprint density at radius 1 is 1.36 bits per heavy atom. The zero-order chi connectivity index (χ0) is 18.0. The van der Waals surface area contributed by atoms with Gasteiger partial charge >= 0.3 is 0 Å². The number of fused-ring (bicyclic) bond motifs is 1. The maximum absolute atomic E-state index is 12.3. The Morgan fingerprint density at radius 3 is 2.92 bits per heavy atom. The quantitative estimate of drug-likeness (QED) is 0.742. The second-order valence-corrected chi connectivity index (χ2v) is 7.07. The Balaban J connectivity index is 1.72. The average Bonchev–Trinajstić information content (AvgIpc) is 3.03. The molecule has 0 atom stereocenters. The molecule has 1 amide bonds. The summed E-state index contributed by atoms with van der Waals surface area (Å²) in [5.41, 5.74) is 1.37. The lowest BCUT2D eigenvalue weighted by atomic mass is 10.2. The SMILES string of the molecule is CN(C)c1ccc(Cl)cc1NC(=O)CCn1cnc2sccc2c1=O. The van der Waals surface area contributed by atoms with E-state index in [0.29, 0.717) is 20.9 Å². The number of nitrogens with zero attached hydrogens (tertiary/aromatic N) is 3. The van der Waals surface area contributed by atoms with Gasteiger partial charge in [-0.25, -0.2) is 4.98 Å². The van der Waals surface area contributed by atoms with Crippen LogP contribution in [0.4, 0.5) is 11.4 Å². The molecule has 1 N–H and O–H groups in total. The third-order valence-corrected chi connectivity index (χ3v) is 4.80. The van der Waals surface area contributed by atoms with Crippen molar-refractivity contribution in [3.8, 4) is 0 Å². The van der Waals surface area contributed by atoms with Crippen LogP contribution in [0.5, 0.6) is 0 Å². The monoisotopic (exact) mass is 376 g/mol. The van der Waals surface area contributed by atoms with E-state index in [1.807, 2.05) is 30.4 Å². The number of carbonyl (C=O) groups excluding carboxylic acids is 1. The molecule has 0 aliphatic heterocycles. The van der Waals surface area contributed by atoms with Crippen molar-refractivity contribution in [3.05, 3.63) is 51.3 Å². The highest BCUT2D eigenvalue weighted by Gasteiger charge is 2.11. The summed E-state index contributed by atoms with van der Waals surface area (Å²) in [5, 5.41) is 5.81. The van der Waals surface area contributed by atoms with Gasteiger partial charge in [0.15, 0.2) is 0 Å². The van der Waals surface area contributed by atoms with Gasteiger partial charge in [0, 0.05) is 32.1 Å². The van der Waals surface area contributed by atoms with Crippen LogP contribution in [0.25, 0.3) is 10.2 Å². The van der Waals surface area contributed by atoms with Crippen LogP contribution < -0.4 is 15.8 Å². The Hall–Kier alpha value is -2.38. The van der Waals surface area contributed by atoms with Crippen LogP contribution in [0.1, 0.15) is 6.42 Å². The smallest absolute Gasteiger partial charge is 0.262 e. The highest BCUT2D eigenvalue weighted by molar-refractivity contribution is 7.16. The number of carbonyl (C=O) groups is 1. The molecule has 0 radical (unpaired) electrons. The Morgan fingerprint density at radius 2 is 2.16 bits per heavy atom. The molecule has 0 aliphatic rings. The van der Waals surface area contributed by atoms with Crippen LogP contribution in [0.2, 0.25) is 5.02 Å². The van der Waals surface area contributed by atoms with Crippen LogP contribution >= 0.6 is 22.9 Å². The van der Waals surface area contributed by atoms with Crippen LogP contribution in [0, 0.1) is 0 Å². The van der Waals surface area contributed by atoms with E-state index in [0.717, 1.165) is 5.69 Å². The number of thiophene rings is 1. The van der Waals surface area contributed by atoms with Crippen molar-refractivity contribution in [2.24, 2.45) is 0 Å². The second kappa shape index (κ2) is 7.25. The molecule has 8 heteroatoms. The topological polar surface area (TPSA) is 67.2 Å². The number of aryl methyl sites for hydroxylation is 1. The lowest BCUT2D eigenvalue weighted by molar-refractivity contribution is -0.116. The van der Waals surface area contributed by atoms with Crippen LogP contribution in [-0.4, -0.2) is 29.6 Å². The summed E-state index contributed by atoms with van der Waals surface area (Å²) < 4.78 is 1.46. The molecule has 2 heterocycles. The van der Waals surface area contributed by atoms with Crippen LogP contribution in [-0.2, 0) is 11.3 Å². The minimum atomic E-state index is -0.192. The summed E-state index contributed by atoms with van der Waals surface area (Å²) in [7, 11) is 3.78. The minimum Gasteiger partial charge on any atom is -0.376 e. The molecule has 0 fully saturated rings. The number of hydrogen-bond donors (Lipinski definition) is 1. The van der Waals surface area contributed by atoms with E-state index >= 15 is 0 Å². The summed E-state index contributed by atoms with van der Waals surface area (Å²) in [6.45, 7) is 0.265. The van der Waals surface area contributed by atoms with E-state index in [9.17, 15) is 9.59 Å². The van der Waals surface area contributed by atoms with Crippen molar-refractivity contribution in [1.29, 1.82) is 0 Å². The molecule has 0 aliphatic carbocycles. The van der Waals surface area contributed by atoms with E-state index in [-0.39, 0.29) is 24.4 Å². The van der Waals surface area contributed by atoms with Gasteiger partial charge in [-0.1, -0.05) is 11.6 Å². The van der Waals surface area contributed by atoms with Gasteiger partial charge in [-0.3, -0.25) is 14.2 Å². The van der Waals surface area contributed by atoms with Crippen LogP contribution in [0.15, 0.2) is 40.8 Å². The molecule has 130 valence electrons. The van der Waals surface area contributed by atoms with Gasteiger partial charge in [0.05, 0.1) is 23.1 Å². The minimum absolute atomic E-state index is 0.129. The number of nitrogens with one attached hydrogen (secondary N) is 1. The molecule has 0 saturated heterocycles. The molecule has 0 unspecified atom stereocenters. The molecule has 3 rings (SSSR count). The van der Waals surface area contributed by atoms with Gasteiger partial charge in [-0.15, -0.1) is 11.3 Å². The van der Waals surface area contributed by atoms with Gasteiger partial charge in [-0.2, -0.15) is 0 Å². The fourth-order valence-corrected chi connectivity index (χ4v) is 3.38. The van der Waals surface area contributed by atoms with E-state index < -0.39 is 0 Å². The maximum atomic E-state index is 12.3. The lowest BCUT2D eigenvalue weighted by Crippen LogP contribution is -2.23. The molecule has 0 spiro atoms. The average molecular weight is 377 g/mol. The molecule has 3 aromatic rings. The summed E-state index contributed by atoms with van der Waals surface area (Å²) in [6, 6.07) is 7.08. The standard InChI is InChI=1S/C17H17ClN4O2S/c1-21(2)14-4-3-11(18)9-13(14)20-15(23)5-7-22-10-19-16-12(17(22)24)6-8-25-16/h3-4,6,8-10H,5,7H2,1-2H3,(H,20,23). The first-order chi connectivity index (χ1) is 12.0. The second-order valence-electron chi connectivity index (χ2n) is 5.74. The van der Waals surface area contributed by atoms with Crippen molar-refractivity contribution in [2.75, 3.05) is 24.3 Å². The predicted octanol–water partition coefficient (Wildman–Crippen LogP) is 3.21. The third kappa shape index (κ3) is 3.83. The molecule has 1 aromatic carbocycles. The van der Waals surface area contributed by atoms with Gasteiger partial charge in [0.2, 0.25) is 5.91 Å². The van der Waals surface area contributed by atoms with Crippen LogP contribution in [0.3, 0.4) is 0 Å². The molecule has 0 saturated carbocycles. The molecular weight excluding hydrogens is 360 g/mol. The summed E-state index contributed by atoms with van der Waals surface area (Å²) in [4.78, 5) is 31.5. The van der Waals surface area contributed by atoms with Gasteiger partial charge in [0.1, 0.15) is 4.83 Å². The highest BCUT2D eigenvalue weighted by Crippen LogP contribution is 2.27. The molecular formula is C17H17ClN4O2S. The normalized spacial score (nSPS) is 10.8. The number of aromatic nitrogens is 2. The number of anilines is 2. The molecule has 2 aromatic heterocycles. The summed E-state index contributed by atoms with van der Waals surface area (Å²) in [5.74, 6) is -0.192. The van der Waals surface area contributed by atoms with Gasteiger partial charge in [-0.05, 0) is 29.6 Å². The van der Waals surface area contributed by atoms with Gasteiger partial charge in [0.25, 0.3) is 5.56 Å². The highest BCUT2D eigenvalue weighted by atomic mass is 35.5. The zero-order valence-corrected chi connectivity index (χ0v) is 15.4. The number of rotatable bonds is 5. The fourth-order valence-electron chi connectivity index (χ4n) is 2.49. The third-order valence-electron chi connectivity index (χ3n) is 3.74. The fraction of sp³-hybridized carbons (Fsp3) is 0.235. The van der Waals surface area contributed by atoms with Crippen molar-refractivity contribution >= 4 is 50.4 Å². The zero-order valence-electron chi connectivity index (χ0n) is 13.8. The van der Waals surface area contributed by atoms with Gasteiger partial charge < -0.3 is 10.2 Å². The largest absolute Gasteiger partial charge is 0.376 e. The van der Waals surface area contributed by atoms with Crippen molar-refractivity contribution in [1.82, 2.24) is 9.55 Å². The van der Waals surface area contributed by atoms with E-state index in [2.05, 4.69) is 10.3 Å². The predicted molar refractivity (Wildman–Crippen MR) is 103 cm³/mol. The number of hydrogen-bond acceptors (Lipinski definition) is 5. The van der Waals surface area contributed by atoms with E-state index in [1.165, 1.54) is 22.2 Å². The van der Waals surface area contributed by atoms with E-state index in [4.69, 9.17) is 11.6 Å². The van der Waals surface area contributed by atoms with Crippen molar-refractivity contribution in [3.63, 3.8) is 0 Å². The Labute approximate surface area is 153 Å². The lowest BCUT2D eigenvalue weighted by Gasteiger charge is -2.18. The number of benzene rings is 1. The Bertz CT molecular complexity index is 980. The van der Waals surface area contributed by atoms with Crippen molar-refractivity contribution < 1.29 is 4.79 Å². The molecule has 6 nitrogen and oxygen atoms in total. The number of amides is 1. The first-order valence-corrected chi connectivity index (χ1v) is 8.91. The first-order valence-electron chi connectivity index (χ1n) is 7.65. The summed E-state index contributed by atoms with van der Waals surface area (Å²) in [6.07, 6.45) is 1.65. The maximum Gasteiger partial charge on any atom is 0.262 e. The molecule has 25 heavy (non-hydrogen) atoms.